The quantitative estimate of drug-likeness (QED) is 0.199. The van der Waals surface area contributed by atoms with E-state index in [2.05, 4.69) is 29.8 Å². The van der Waals surface area contributed by atoms with E-state index < -0.39 is 5.97 Å². The van der Waals surface area contributed by atoms with Crippen LogP contribution >= 0.6 is 23.4 Å². The van der Waals surface area contributed by atoms with Crippen molar-refractivity contribution in [1.29, 1.82) is 0 Å². The van der Waals surface area contributed by atoms with Gasteiger partial charge in [-0.3, -0.25) is 0 Å². The van der Waals surface area contributed by atoms with E-state index in [9.17, 15) is 9.90 Å². The van der Waals surface area contributed by atoms with E-state index in [4.69, 9.17) is 26.1 Å². The predicted octanol–water partition coefficient (Wildman–Crippen LogP) is 8.50. The molecule has 2 heterocycles. The molecule has 0 saturated heterocycles. The summed E-state index contributed by atoms with van der Waals surface area (Å²) in [5, 5.41) is 13.4. The monoisotopic (exact) mass is 586 g/mol. The first-order chi connectivity index (χ1) is 19.9. The number of nitrogens with zero attached hydrogens (tertiary/aromatic N) is 2. The average molecular weight is 587 g/mol. The molecule has 6 nitrogen and oxygen atoms in total. The highest BCUT2D eigenvalue weighted by atomic mass is 35.5. The molecule has 0 atom stereocenters. The summed E-state index contributed by atoms with van der Waals surface area (Å²) in [5.74, 6) is -0.0171. The largest absolute Gasteiger partial charge is 0.506 e. The number of fused-ring (bicyclic) bond motifs is 1. The molecule has 0 unspecified atom stereocenters. The van der Waals surface area contributed by atoms with Crippen molar-refractivity contribution < 1.29 is 19.4 Å². The molecule has 0 aliphatic carbocycles. The van der Waals surface area contributed by atoms with Gasteiger partial charge in [0.05, 0.1) is 29.3 Å². The number of thioether (sulfide) groups is 1. The molecule has 1 aromatic heterocycles. The van der Waals surface area contributed by atoms with E-state index in [0.29, 0.717) is 33.8 Å². The second kappa shape index (κ2) is 12.7. The third-order valence-corrected chi connectivity index (χ3v) is 8.12. The lowest BCUT2D eigenvalue weighted by atomic mass is 10.1. The first-order valence-electron chi connectivity index (χ1n) is 13.6. The second-order valence-corrected chi connectivity index (χ2v) is 10.8. The van der Waals surface area contributed by atoms with Crippen LogP contribution in [-0.2, 0) is 22.5 Å². The Kier molecular flexibility index (Phi) is 8.86. The molecule has 1 aliphatic heterocycles. The Morgan fingerprint density at radius 1 is 1.00 bits per heavy atom. The van der Waals surface area contributed by atoms with Crippen LogP contribution in [0.2, 0.25) is 5.02 Å². The third kappa shape index (κ3) is 6.06. The zero-order valence-electron chi connectivity index (χ0n) is 23.2. The van der Waals surface area contributed by atoms with Gasteiger partial charge in [-0.1, -0.05) is 66.7 Å². The van der Waals surface area contributed by atoms with Crippen molar-refractivity contribution in [3.63, 3.8) is 0 Å². The number of hydrogen-bond donors (Lipinski definition) is 1. The standard InChI is InChI=1S/C33H31ClN2O4S/c1-4-21-11-9-12-26-23(20-36(30(21)26)19-22-10-7-8-13-27(22)34)18-28-31(37)29(33(38)40-6-3)32(41-28)35-24-14-16-25(17-15-24)39-5-2/h7-18,20,37H,4-6,19H2,1-3H3/b28-18-,35-32?. The summed E-state index contributed by atoms with van der Waals surface area (Å²) in [4.78, 5) is 18.1. The number of ether oxygens (including phenoxy) is 2. The molecule has 8 heteroatoms. The highest BCUT2D eigenvalue weighted by Gasteiger charge is 2.33. The molecular weight excluding hydrogens is 556 g/mol. The van der Waals surface area contributed by atoms with Crippen molar-refractivity contribution in [3.8, 4) is 5.75 Å². The second-order valence-electron chi connectivity index (χ2n) is 9.37. The van der Waals surface area contributed by atoms with Crippen LogP contribution in [-0.4, -0.2) is 33.9 Å². The SMILES string of the molecule is CCOC(=O)C1=C(O)/C(=C/c2cn(Cc3ccccc3Cl)c3c(CC)cccc23)SC1=Nc1ccc(OCC)cc1. The van der Waals surface area contributed by atoms with Crippen LogP contribution in [0.1, 0.15) is 37.5 Å². The van der Waals surface area contributed by atoms with Crippen LogP contribution in [0.25, 0.3) is 17.0 Å². The molecule has 41 heavy (non-hydrogen) atoms. The van der Waals surface area contributed by atoms with Gasteiger partial charge in [0.2, 0.25) is 0 Å². The number of halogens is 1. The molecule has 0 bridgehead atoms. The molecule has 1 aliphatic rings. The number of aliphatic imine (C=N–C) groups is 1. The highest BCUT2D eigenvalue weighted by molar-refractivity contribution is 8.18. The van der Waals surface area contributed by atoms with Crippen LogP contribution < -0.4 is 4.74 Å². The maximum absolute atomic E-state index is 12.9. The first-order valence-corrected chi connectivity index (χ1v) is 14.8. The fraction of sp³-hybridized carbons (Fsp3) is 0.212. The fourth-order valence-electron chi connectivity index (χ4n) is 4.83. The zero-order valence-corrected chi connectivity index (χ0v) is 24.8. The van der Waals surface area contributed by atoms with E-state index in [0.717, 1.165) is 34.2 Å². The van der Waals surface area contributed by atoms with E-state index in [1.807, 2.05) is 67.6 Å². The van der Waals surface area contributed by atoms with Gasteiger partial charge < -0.3 is 19.1 Å². The maximum atomic E-state index is 12.9. The summed E-state index contributed by atoms with van der Waals surface area (Å²) in [6.07, 6.45) is 4.84. The number of rotatable bonds is 9. The van der Waals surface area contributed by atoms with Gasteiger partial charge in [-0.25, -0.2) is 9.79 Å². The zero-order chi connectivity index (χ0) is 28.9. The number of aliphatic hydroxyl groups is 1. The normalized spacial score (nSPS) is 15.3. The molecule has 0 spiro atoms. The minimum absolute atomic E-state index is 0.0611. The number of para-hydroxylation sites is 1. The van der Waals surface area contributed by atoms with E-state index in [1.165, 1.54) is 17.3 Å². The van der Waals surface area contributed by atoms with Crippen molar-refractivity contribution in [1.82, 2.24) is 4.57 Å². The summed E-state index contributed by atoms with van der Waals surface area (Å²) in [6, 6.07) is 21.4. The van der Waals surface area contributed by atoms with E-state index in [-0.39, 0.29) is 17.9 Å². The summed E-state index contributed by atoms with van der Waals surface area (Å²) in [6.45, 7) is 7.14. The van der Waals surface area contributed by atoms with Gasteiger partial charge >= 0.3 is 5.97 Å². The van der Waals surface area contributed by atoms with Crippen LogP contribution in [0, 0.1) is 0 Å². The van der Waals surface area contributed by atoms with Crippen molar-refractivity contribution in [2.75, 3.05) is 13.2 Å². The third-order valence-electron chi connectivity index (χ3n) is 6.73. The molecule has 0 radical (unpaired) electrons. The molecule has 0 saturated carbocycles. The molecular formula is C33H31ClN2O4S. The minimum atomic E-state index is -0.611. The fourth-order valence-corrected chi connectivity index (χ4v) is 6.06. The number of carbonyl (C=O) groups excluding carboxylic acids is 1. The van der Waals surface area contributed by atoms with Gasteiger partial charge in [-0.05, 0) is 67.8 Å². The molecule has 1 N–H and O–H groups in total. The van der Waals surface area contributed by atoms with Gasteiger partial charge in [-0.2, -0.15) is 0 Å². The highest BCUT2D eigenvalue weighted by Crippen LogP contribution is 2.41. The molecule has 0 fully saturated rings. The minimum Gasteiger partial charge on any atom is -0.506 e. The lowest BCUT2D eigenvalue weighted by Gasteiger charge is -2.10. The summed E-state index contributed by atoms with van der Waals surface area (Å²) in [7, 11) is 0. The maximum Gasteiger partial charge on any atom is 0.344 e. The van der Waals surface area contributed by atoms with Crippen molar-refractivity contribution in [2.24, 2.45) is 4.99 Å². The van der Waals surface area contributed by atoms with Gasteiger partial charge in [0.25, 0.3) is 0 Å². The van der Waals surface area contributed by atoms with Crippen LogP contribution in [0.3, 0.4) is 0 Å². The summed E-state index contributed by atoms with van der Waals surface area (Å²) < 4.78 is 13.0. The predicted molar refractivity (Wildman–Crippen MR) is 168 cm³/mol. The molecule has 5 rings (SSSR count). The molecule has 0 amide bonds. The Balaban J connectivity index is 1.59. The number of aromatic nitrogens is 1. The number of carbonyl (C=O) groups is 1. The van der Waals surface area contributed by atoms with E-state index >= 15 is 0 Å². The Hall–Kier alpha value is -3.94. The number of esters is 1. The lowest BCUT2D eigenvalue weighted by molar-refractivity contribution is -0.138. The van der Waals surface area contributed by atoms with E-state index in [1.54, 1.807) is 6.92 Å². The number of aliphatic hydroxyl groups excluding tert-OH is 1. The van der Waals surface area contributed by atoms with Gasteiger partial charge in [0.1, 0.15) is 22.1 Å². The number of hydrogen-bond acceptors (Lipinski definition) is 6. The van der Waals surface area contributed by atoms with Crippen molar-refractivity contribution in [2.45, 2.75) is 33.7 Å². The first kappa shape index (κ1) is 28.6. The Morgan fingerprint density at radius 2 is 1.76 bits per heavy atom. The molecule has 4 aromatic rings. The summed E-state index contributed by atoms with van der Waals surface area (Å²) >= 11 is 7.75. The summed E-state index contributed by atoms with van der Waals surface area (Å²) in [5.41, 5.74) is 4.96. The Bertz CT molecular complexity index is 1690. The lowest BCUT2D eigenvalue weighted by Crippen LogP contribution is -2.12. The van der Waals surface area contributed by atoms with Crippen LogP contribution in [0.4, 0.5) is 5.69 Å². The smallest absolute Gasteiger partial charge is 0.344 e. The topological polar surface area (TPSA) is 73.0 Å². The Labute approximate surface area is 249 Å². The van der Waals surface area contributed by atoms with Crippen molar-refractivity contribution >= 4 is 57.0 Å². The van der Waals surface area contributed by atoms with Gasteiger partial charge in [-0.15, -0.1) is 0 Å². The van der Waals surface area contributed by atoms with Crippen LogP contribution in [0.5, 0.6) is 5.75 Å². The van der Waals surface area contributed by atoms with Crippen molar-refractivity contribution in [3.05, 3.63) is 111 Å². The van der Waals surface area contributed by atoms with Crippen LogP contribution in [0.15, 0.2) is 94.2 Å². The number of benzene rings is 3. The molecule has 210 valence electrons. The molecule has 3 aromatic carbocycles. The van der Waals surface area contributed by atoms with Gasteiger partial charge in [0, 0.05) is 28.7 Å². The van der Waals surface area contributed by atoms with Gasteiger partial charge in [0.15, 0.2) is 0 Å². The Morgan fingerprint density at radius 3 is 2.46 bits per heavy atom. The average Bonchev–Trinajstić information content (AvgIpc) is 3.47. The number of aryl methyl sites for hydroxylation is 1.